The second kappa shape index (κ2) is 36.1. The van der Waals surface area contributed by atoms with Crippen molar-refractivity contribution in [2.24, 2.45) is 17.8 Å². The molecule has 4 heterocycles. The Morgan fingerprint density at radius 3 is 1.90 bits per heavy atom. The SMILES string of the molecule is CCO[C@@H]1C[C@H]2C(=O)NC3(CCC3)C(=O)N(C)[C@@H](C3CCCC3)C(=O)N(C)[C@H](C(=O)N(C)C)CC(=O)N(C)C(CC3CCCC3)C(=O)NC([C@@H](C)CC)C(=O)N(C)CC(=O)N(C)C3C=CCCN(C3=O)[C@@H](Cc3ccc(C)cc3)C(=O)N(C)CC(=O)N[C@@H](CCC(=O)ON3C(=O)c4ccccc4C3=O)C(=O)N2C1. The Hall–Kier alpha value is -9.61. The van der Waals surface area contributed by atoms with Crippen LogP contribution in [-0.4, -0.2) is 287 Å². The van der Waals surface area contributed by atoms with E-state index in [1.54, 1.807) is 32.1 Å². The lowest BCUT2D eigenvalue weighted by atomic mass is 9.74. The van der Waals surface area contributed by atoms with Crippen molar-refractivity contribution in [3.05, 3.63) is 82.9 Å². The van der Waals surface area contributed by atoms with Crippen molar-refractivity contribution in [2.75, 3.05) is 89.2 Å². The summed E-state index contributed by atoms with van der Waals surface area (Å²) in [5.41, 5.74) is -0.117. The minimum Gasteiger partial charge on any atom is -0.377 e. The molecule has 9 rings (SSSR count). The third-order valence-corrected chi connectivity index (χ3v) is 23.1. The molecule has 0 radical (unpaired) electrons. The zero-order valence-electron chi connectivity index (χ0n) is 64.6. The number of amides is 14. The number of likely N-dealkylation sites (N-methyl/N-ethyl adjacent to an activating group) is 7. The fourth-order valence-electron chi connectivity index (χ4n) is 16.2. The molecule has 2 aromatic carbocycles. The van der Waals surface area contributed by atoms with Crippen LogP contribution >= 0.6 is 0 Å². The fraction of sp³-hybridized carbons (Fsp3) is 0.628. The zero-order valence-corrected chi connectivity index (χ0v) is 64.6. The Bertz CT molecular complexity index is 3740. The minimum atomic E-state index is -1.70. The highest BCUT2D eigenvalue weighted by molar-refractivity contribution is 6.21. The van der Waals surface area contributed by atoms with Crippen molar-refractivity contribution in [1.29, 1.82) is 0 Å². The van der Waals surface area contributed by atoms with E-state index in [1.807, 2.05) is 26.0 Å². The maximum absolute atomic E-state index is 15.6. The van der Waals surface area contributed by atoms with Gasteiger partial charge in [-0.3, -0.25) is 67.1 Å². The number of carbonyl (C=O) groups excluding carboxylic acids is 15. The van der Waals surface area contributed by atoms with Gasteiger partial charge in [-0.05, 0) is 101 Å². The van der Waals surface area contributed by atoms with E-state index < -0.39 is 193 Å². The molecule has 108 heavy (non-hydrogen) atoms. The molecule has 4 aliphatic heterocycles. The molecule has 5 fully saturated rings. The molecular formula is C78H109N13O17. The van der Waals surface area contributed by atoms with E-state index in [9.17, 15) is 33.6 Å². The summed E-state index contributed by atoms with van der Waals surface area (Å²) in [5.74, 6) is -12.5. The van der Waals surface area contributed by atoms with Crippen LogP contribution < -0.4 is 16.0 Å². The minimum absolute atomic E-state index is 0.0112. The molecule has 2 aromatic rings. The summed E-state index contributed by atoms with van der Waals surface area (Å²) in [6.45, 7) is 5.78. The molecular weight excluding hydrogens is 1390 g/mol. The number of nitrogens with one attached hydrogen (secondary N) is 3. The van der Waals surface area contributed by atoms with Gasteiger partial charge >= 0.3 is 5.97 Å². The Labute approximate surface area is 632 Å². The van der Waals surface area contributed by atoms with Crippen molar-refractivity contribution in [3.8, 4) is 0 Å². The lowest BCUT2D eigenvalue weighted by molar-refractivity contribution is -0.169. The predicted octanol–water partition coefficient (Wildman–Crippen LogP) is 2.78. The van der Waals surface area contributed by atoms with Gasteiger partial charge in [-0.15, -0.1) is 0 Å². The van der Waals surface area contributed by atoms with Crippen molar-refractivity contribution in [1.82, 2.24) is 65.1 Å². The topological polar surface area (TPSA) is 343 Å². The van der Waals surface area contributed by atoms with Gasteiger partial charge < -0.3 is 69.6 Å². The van der Waals surface area contributed by atoms with Crippen LogP contribution in [0.5, 0.6) is 0 Å². The van der Waals surface area contributed by atoms with E-state index in [4.69, 9.17) is 9.57 Å². The molecule has 3 N–H and O–H groups in total. The number of imide groups is 1. The van der Waals surface area contributed by atoms with Crippen LogP contribution in [0.25, 0.3) is 0 Å². The van der Waals surface area contributed by atoms with E-state index in [2.05, 4.69) is 16.0 Å². The molecule has 3 unspecified atom stereocenters. The van der Waals surface area contributed by atoms with E-state index in [0.717, 1.165) is 53.9 Å². The molecule has 30 nitrogen and oxygen atoms in total. The second-order valence-electron chi connectivity index (χ2n) is 30.7. The maximum Gasteiger partial charge on any atom is 0.333 e. The molecule has 7 aliphatic rings. The lowest BCUT2D eigenvalue weighted by Crippen LogP contribution is -2.68. The number of nitrogens with zero attached hydrogens (tertiary/aromatic N) is 10. The molecule has 3 aliphatic carbocycles. The summed E-state index contributed by atoms with van der Waals surface area (Å²) >= 11 is 0. The van der Waals surface area contributed by atoms with Crippen molar-refractivity contribution < 1.29 is 81.5 Å². The summed E-state index contributed by atoms with van der Waals surface area (Å²) in [4.78, 5) is 239. The van der Waals surface area contributed by atoms with Crippen LogP contribution in [-0.2, 0) is 78.3 Å². The highest BCUT2D eigenvalue weighted by Gasteiger charge is 2.54. The van der Waals surface area contributed by atoms with Gasteiger partial charge in [0.05, 0.1) is 43.2 Å². The normalized spacial score (nSPS) is 26.7. The standard InChI is InChI=1S/C78H109N13O17/c1-13-48(4)65-75(104)84(8)46-63(94)85(9)56-30-21-22-39-89(74(56)103)60(41-50-33-31-47(3)32-34-50)73(102)83(7)45-61(92)79-55(35-36-64(95)108-91-69(98)53-28-19-20-29-54(53)70(91)99)71(100)90-44-52(107-14-2)42-58(90)68(97)81-78(37-23-38-78)77(106)88(12)66(51-26-17-18-27-51)76(105)87(11)59(72(101)82(5)6)43-62(93)86(10)57(67(96)80-65)40-49-24-15-16-25-49/h19-21,28-34,48-49,51-52,55-60,65-66H,13-18,22-27,35-46H2,1-12H3,(H,79,92)(H,80,96)(H,81,97)/t48-,52+,55-,56?,57?,58-,59-,60-,65?,66-/m0/s1. The van der Waals surface area contributed by atoms with Crippen LogP contribution in [0.1, 0.15) is 168 Å². The lowest BCUT2D eigenvalue weighted by Gasteiger charge is -2.46. The molecule has 2 saturated heterocycles. The number of benzene rings is 2. The van der Waals surface area contributed by atoms with Crippen LogP contribution in [0.4, 0.5) is 0 Å². The first-order valence-electron chi connectivity index (χ1n) is 38.1. The van der Waals surface area contributed by atoms with Gasteiger partial charge in [0.25, 0.3) is 11.8 Å². The first kappa shape index (κ1) is 82.4. The molecule has 1 spiro atoms. The van der Waals surface area contributed by atoms with Crippen LogP contribution in [0.3, 0.4) is 0 Å². The first-order valence-corrected chi connectivity index (χ1v) is 38.1. The zero-order chi connectivity index (χ0) is 78.7. The van der Waals surface area contributed by atoms with Gasteiger partial charge in [-0.1, -0.05) is 118 Å². The highest BCUT2D eigenvalue weighted by Crippen LogP contribution is 2.39. The summed E-state index contributed by atoms with van der Waals surface area (Å²) in [6, 6.07) is 2.30. The van der Waals surface area contributed by atoms with Gasteiger partial charge in [0, 0.05) is 88.9 Å². The van der Waals surface area contributed by atoms with Gasteiger partial charge in [0.15, 0.2) is 0 Å². The molecule has 10 atom stereocenters. The number of aryl methyl sites for hydroxylation is 1. The molecule has 14 amide bonds. The van der Waals surface area contributed by atoms with E-state index in [0.29, 0.717) is 36.3 Å². The van der Waals surface area contributed by atoms with Crippen LogP contribution in [0.2, 0.25) is 0 Å². The van der Waals surface area contributed by atoms with Gasteiger partial charge in [-0.25, -0.2) is 4.79 Å². The van der Waals surface area contributed by atoms with E-state index in [-0.39, 0.29) is 75.3 Å². The summed E-state index contributed by atoms with van der Waals surface area (Å²) in [5, 5.41) is 8.94. The predicted molar refractivity (Wildman–Crippen MR) is 393 cm³/mol. The molecule has 2 bridgehead atoms. The molecule has 3 saturated carbocycles. The number of ether oxygens (including phenoxy) is 1. The third kappa shape index (κ3) is 18.6. The summed E-state index contributed by atoms with van der Waals surface area (Å²) < 4.78 is 6.06. The van der Waals surface area contributed by atoms with Crippen LogP contribution in [0.15, 0.2) is 60.7 Å². The number of carbonyl (C=O) groups is 15. The Morgan fingerprint density at radius 1 is 0.667 bits per heavy atom. The van der Waals surface area contributed by atoms with Crippen LogP contribution in [0, 0.1) is 24.7 Å². The van der Waals surface area contributed by atoms with Crippen molar-refractivity contribution >= 4 is 88.7 Å². The third-order valence-electron chi connectivity index (χ3n) is 23.1. The van der Waals surface area contributed by atoms with Crippen molar-refractivity contribution in [2.45, 2.75) is 210 Å². The molecule has 30 heteroatoms. The average molecular weight is 1500 g/mol. The summed E-state index contributed by atoms with van der Waals surface area (Å²) in [7, 11) is 11.4. The maximum atomic E-state index is 15.6. The molecule has 0 aromatic heterocycles. The van der Waals surface area contributed by atoms with Gasteiger partial charge in [0.2, 0.25) is 70.9 Å². The fourth-order valence-corrected chi connectivity index (χ4v) is 16.2. The first-order chi connectivity index (χ1) is 51.3. The van der Waals surface area contributed by atoms with E-state index >= 15 is 38.4 Å². The number of hydrogen-bond donors (Lipinski definition) is 3. The number of hydroxylamine groups is 2. The smallest absolute Gasteiger partial charge is 0.333 e. The largest absolute Gasteiger partial charge is 0.377 e. The van der Waals surface area contributed by atoms with Gasteiger partial charge in [-0.2, -0.15) is 0 Å². The highest BCUT2D eigenvalue weighted by atomic mass is 16.7. The number of fused-ring (bicyclic) bond motifs is 4. The van der Waals surface area contributed by atoms with E-state index in [1.165, 1.54) is 121 Å². The molecule has 588 valence electrons. The monoisotopic (exact) mass is 1500 g/mol. The Balaban J connectivity index is 1.10. The summed E-state index contributed by atoms with van der Waals surface area (Å²) in [6.07, 6.45) is 7.77. The van der Waals surface area contributed by atoms with Crippen molar-refractivity contribution in [3.63, 3.8) is 0 Å². The van der Waals surface area contributed by atoms with Gasteiger partial charge in [0.1, 0.15) is 53.9 Å². The average Bonchev–Trinajstić information content (AvgIpc) is 1.09. The number of rotatable bonds is 14. The Morgan fingerprint density at radius 2 is 1.30 bits per heavy atom. The quantitative estimate of drug-likeness (QED) is 0.181. The number of hydrogen-bond acceptors (Lipinski definition) is 17. The second-order valence-corrected chi connectivity index (χ2v) is 30.7. The Kier molecular flexibility index (Phi) is 27.5.